The first-order valence-electron chi connectivity index (χ1n) is 18.9. The van der Waals surface area contributed by atoms with Crippen LogP contribution in [0.5, 0.6) is 0 Å². The molecule has 2 N–H and O–H groups in total. The fourth-order valence-corrected chi connectivity index (χ4v) is 13.3. The van der Waals surface area contributed by atoms with Crippen molar-refractivity contribution in [2.75, 3.05) is 38.8 Å². The quantitative estimate of drug-likeness (QED) is 0.213. The van der Waals surface area contributed by atoms with Crippen LogP contribution in [0, 0.1) is 40.4 Å². The minimum Gasteiger partial charge on any atom is -0.462 e. The highest BCUT2D eigenvalue weighted by molar-refractivity contribution is 6.22. The normalized spacial score (nSPS) is 44.9. The molecule has 5 aliphatic carbocycles. The van der Waals surface area contributed by atoms with E-state index in [1.807, 2.05) is 6.92 Å². The summed E-state index contributed by atoms with van der Waals surface area (Å²) in [5.74, 6) is -4.99. The van der Waals surface area contributed by atoms with Crippen molar-refractivity contribution in [3.05, 3.63) is 29.8 Å². The summed E-state index contributed by atoms with van der Waals surface area (Å²) in [6.45, 7) is 7.14. The minimum atomic E-state index is -1.94. The fourth-order valence-electron chi connectivity index (χ4n) is 13.3. The highest BCUT2D eigenvalue weighted by Crippen LogP contribution is 2.80. The SMILES string of the molecule is CCN1C[C@]2(COC(=O)c3ccccc3N3C(=O)C[C@H](C)C3=O)CC[C@H](OC)[C@]34C5C[C@@H]6[C@@H](OC(C)=O)C[C@@](O)(C5[C@H]6OC(C)=O)[C@@](O)([C@H]13)[C@@H](OC)C24. The van der Waals surface area contributed by atoms with Gasteiger partial charge in [0.1, 0.15) is 23.4 Å². The number of amides is 2. The van der Waals surface area contributed by atoms with Gasteiger partial charge in [-0.25, -0.2) is 9.69 Å². The van der Waals surface area contributed by atoms with Crippen LogP contribution < -0.4 is 4.90 Å². The Kier molecular flexibility index (Phi) is 8.47. The van der Waals surface area contributed by atoms with Gasteiger partial charge in [0.15, 0.2) is 0 Å². The monoisotopic (exact) mass is 738 g/mol. The van der Waals surface area contributed by atoms with Gasteiger partial charge in [0, 0.05) is 82.0 Å². The van der Waals surface area contributed by atoms with Crippen molar-refractivity contribution in [1.82, 2.24) is 4.90 Å². The summed E-state index contributed by atoms with van der Waals surface area (Å²) in [5, 5.41) is 26.8. The number of para-hydroxylation sites is 1. The van der Waals surface area contributed by atoms with E-state index >= 15 is 0 Å². The Morgan fingerprint density at radius 2 is 1.74 bits per heavy atom. The molecule has 5 saturated carbocycles. The molecule has 2 saturated heterocycles. The molecule has 288 valence electrons. The van der Waals surface area contributed by atoms with Crippen LogP contribution >= 0.6 is 0 Å². The first-order valence-corrected chi connectivity index (χ1v) is 18.9. The van der Waals surface area contributed by atoms with Crippen molar-refractivity contribution >= 4 is 35.4 Å². The number of benzene rings is 1. The third-order valence-corrected chi connectivity index (χ3v) is 14.6. The van der Waals surface area contributed by atoms with Crippen LogP contribution in [0.15, 0.2) is 24.3 Å². The number of fused-ring (bicyclic) bond motifs is 2. The molecule has 1 spiro atoms. The van der Waals surface area contributed by atoms with Crippen LogP contribution in [0.3, 0.4) is 0 Å². The number of imide groups is 1. The number of hydrogen-bond acceptors (Lipinski definition) is 13. The lowest BCUT2D eigenvalue weighted by atomic mass is 9.42. The van der Waals surface area contributed by atoms with Crippen LogP contribution in [0.25, 0.3) is 0 Å². The zero-order chi connectivity index (χ0) is 38.0. The van der Waals surface area contributed by atoms with E-state index in [1.165, 1.54) is 21.0 Å². The maximum atomic E-state index is 14.1. The van der Waals surface area contributed by atoms with Gasteiger partial charge in [-0.1, -0.05) is 26.0 Å². The molecule has 3 unspecified atom stereocenters. The number of carbonyl (C=O) groups is 5. The lowest BCUT2D eigenvalue weighted by molar-refractivity contribution is -0.318. The Bertz CT molecular complexity index is 1750. The molecular formula is C39H50N2O12. The molecule has 1 aromatic rings. The van der Waals surface area contributed by atoms with Crippen molar-refractivity contribution in [2.24, 2.45) is 40.4 Å². The molecule has 0 aromatic heterocycles. The predicted octanol–water partition coefficient (Wildman–Crippen LogP) is 1.87. The van der Waals surface area contributed by atoms with E-state index in [9.17, 15) is 34.2 Å². The number of likely N-dealkylation sites (tertiary alicyclic amines) is 1. The van der Waals surface area contributed by atoms with Crippen molar-refractivity contribution in [3.63, 3.8) is 0 Å². The van der Waals surface area contributed by atoms with Crippen LogP contribution in [0.4, 0.5) is 5.69 Å². The summed E-state index contributed by atoms with van der Waals surface area (Å²) >= 11 is 0. The largest absolute Gasteiger partial charge is 0.462 e. The van der Waals surface area contributed by atoms with Gasteiger partial charge < -0.3 is 33.9 Å². The molecule has 0 radical (unpaired) electrons. The predicted molar refractivity (Wildman–Crippen MR) is 184 cm³/mol. The standard InChI is InChI=1S/C39H50N2O12/c1-7-40-17-36(18-51-34(46)22-10-8-9-11-25(22)41-28(44)14-19(2)33(41)45)13-12-27(49-5)38-24-15-23-26(52-20(3)42)16-37(47,29(24)30(23)53-21(4)43)39(48,35(38)40)32(50-6)31(36)38/h8-11,19,23-24,26-27,29-32,35,47-48H,7,12-18H2,1-6H3/t19-,23+,24?,26-,27-,29?,30-,31?,32-,35+,36-,37+,38-,39-/m0/s1. The summed E-state index contributed by atoms with van der Waals surface area (Å²) in [7, 11) is 3.17. The number of methoxy groups -OCH3 is 2. The number of carbonyl (C=O) groups excluding carboxylic acids is 5. The number of esters is 3. The molecule has 2 amide bonds. The second kappa shape index (κ2) is 12.3. The van der Waals surface area contributed by atoms with Crippen molar-refractivity contribution in [1.29, 1.82) is 0 Å². The van der Waals surface area contributed by atoms with Gasteiger partial charge in [-0.2, -0.15) is 0 Å². The van der Waals surface area contributed by atoms with E-state index in [2.05, 4.69) is 4.90 Å². The second-order valence-electron chi connectivity index (χ2n) is 16.7. The minimum absolute atomic E-state index is 0.0559. The number of nitrogens with zero attached hydrogens (tertiary/aromatic N) is 2. The van der Waals surface area contributed by atoms with Gasteiger partial charge in [-0.05, 0) is 43.9 Å². The maximum absolute atomic E-state index is 14.1. The van der Waals surface area contributed by atoms with Gasteiger partial charge in [0.05, 0.1) is 36.1 Å². The van der Waals surface area contributed by atoms with Gasteiger partial charge in [0.2, 0.25) is 11.8 Å². The van der Waals surface area contributed by atoms with Gasteiger partial charge in [0.25, 0.3) is 0 Å². The van der Waals surface area contributed by atoms with Gasteiger partial charge in [-0.3, -0.25) is 24.1 Å². The van der Waals surface area contributed by atoms with E-state index in [0.29, 0.717) is 32.4 Å². The smallest absolute Gasteiger partial charge is 0.340 e. The van der Waals surface area contributed by atoms with Crippen molar-refractivity contribution < 1.29 is 57.9 Å². The average molecular weight is 739 g/mol. The summed E-state index contributed by atoms with van der Waals surface area (Å²) in [6, 6.07) is 5.78. The molecule has 8 rings (SSSR count). The Morgan fingerprint density at radius 1 is 1.02 bits per heavy atom. The van der Waals surface area contributed by atoms with Crippen LogP contribution in [0.1, 0.15) is 70.2 Å². The molecule has 7 fully saturated rings. The van der Waals surface area contributed by atoms with Crippen LogP contribution in [-0.4, -0.2) is 120 Å². The molecule has 14 heteroatoms. The Balaban J connectivity index is 1.24. The summed E-state index contributed by atoms with van der Waals surface area (Å²) in [4.78, 5) is 68.3. The Morgan fingerprint density at radius 3 is 2.36 bits per heavy atom. The highest BCUT2D eigenvalue weighted by atomic mass is 16.6. The van der Waals surface area contributed by atoms with Crippen LogP contribution in [0.2, 0.25) is 0 Å². The Labute approximate surface area is 308 Å². The zero-order valence-corrected chi connectivity index (χ0v) is 31.1. The molecule has 2 heterocycles. The first-order chi connectivity index (χ1) is 25.2. The number of piperidine rings is 1. The van der Waals surface area contributed by atoms with E-state index in [-0.39, 0.29) is 48.4 Å². The average Bonchev–Trinajstić information content (AvgIpc) is 3.62. The fraction of sp³-hybridized carbons (Fsp3) is 0.718. The number of ether oxygens (including phenoxy) is 5. The zero-order valence-electron chi connectivity index (χ0n) is 31.1. The number of likely N-dealkylation sites (N-methyl/N-ethyl adjacent to an activating group) is 1. The number of anilines is 1. The number of rotatable bonds is 9. The van der Waals surface area contributed by atoms with E-state index in [1.54, 1.807) is 38.3 Å². The number of hydrogen-bond donors (Lipinski definition) is 2. The number of aliphatic hydroxyl groups is 2. The van der Waals surface area contributed by atoms with Gasteiger partial charge >= 0.3 is 17.9 Å². The molecule has 53 heavy (non-hydrogen) atoms. The third-order valence-electron chi connectivity index (χ3n) is 14.6. The molecule has 1 aromatic carbocycles. The lowest BCUT2D eigenvalue weighted by Gasteiger charge is -2.70. The van der Waals surface area contributed by atoms with Gasteiger partial charge in [-0.15, -0.1) is 0 Å². The van der Waals surface area contributed by atoms with E-state index in [0.717, 1.165) is 4.90 Å². The van der Waals surface area contributed by atoms with E-state index < -0.39 is 94.1 Å². The first kappa shape index (κ1) is 36.5. The summed E-state index contributed by atoms with van der Waals surface area (Å²) in [6.07, 6.45) is -1.48. The maximum Gasteiger partial charge on any atom is 0.340 e. The molecule has 7 bridgehead atoms. The Hall–Kier alpha value is -3.43. The summed E-state index contributed by atoms with van der Waals surface area (Å²) in [5.41, 5.74) is -5.22. The molecule has 2 aliphatic heterocycles. The van der Waals surface area contributed by atoms with Crippen molar-refractivity contribution in [2.45, 2.75) is 101 Å². The summed E-state index contributed by atoms with van der Waals surface area (Å²) < 4.78 is 30.9. The molecular weight excluding hydrogens is 688 g/mol. The highest BCUT2D eigenvalue weighted by Gasteiger charge is 2.92. The molecule has 7 aliphatic rings. The topological polar surface area (TPSA) is 178 Å². The van der Waals surface area contributed by atoms with Crippen molar-refractivity contribution in [3.8, 4) is 0 Å². The van der Waals surface area contributed by atoms with Crippen LogP contribution in [-0.2, 0) is 42.9 Å². The molecule has 14 nitrogen and oxygen atoms in total. The molecule has 14 atom stereocenters. The third kappa shape index (κ3) is 4.53. The van der Waals surface area contributed by atoms with E-state index in [4.69, 9.17) is 23.7 Å². The second-order valence-corrected chi connectivity index (χ2v) is 16.7. The lowest BCUT2D eigenvalue weighted by Crippen LogP contribution is -2.82.